The molecule has 0 amide bonds. The van der Waals surface area contributed by atoms with Gasteiger partial charge < -0.3 is 0 Å². The van der Waals surface area contributed by atoms with Gasteiger partial charge in [-0.2, -0.15) is 13.5 Å². The first-order valence-corrected chi connectivity index (χ1v) is 20.0. The molecule has 1 atom stereocenters. The Labute approximate surface area is 247 Å². The van der Waals surface area contributed by atoms with Crippen LogP contribution in [0, 0.1) is 0 Å². The molecule has 1 aliphatic heterocycles. The van der Waals surface area contributed by atoms with E-state index in [1.807, 2.05) is 0 Å². The number of rotatable bonds is 9. The molecule has 1 unspecified atom stereocenters. The molecule has 9 nitrogen and oxygen atoms in total. The van der Waals surface area contributed by atoms with E-state index in [4.69, 9.17) is 18.1 Å². The van der Waals surface area contributed by atoms with Crippen molar-refractivity contribution < 1.29 is 0 Å². The van der Waals surface area contributed by atoms with E-state index in [-0.39, 0.29) is 0 Å². The molecule has 0 saturated heterocycles. The van der Waals surface area contributed by atoms with Crippen LogP contribution in [0.2, 0.25) is 0 Å². The summed E-state index contributed by atoms with van der Waals surface area (Å²) in [5, 5.41) is 3.55. The van der Waals surface area contributed by atoms with Gasteiger partial charge in [0.05, 0.1) is 7.05 Å². The van der Waals surface area contributed by atoms with E-state index >= 15 is 0 Å². The molecule has 1 heterocycles. The summed E-state index contributed by atoms with van der Waals surface area (Å²) < 4.78 is 34.3. The molecule has 41 heavy (non-hydrogen) atoms. The second-order valence-corrected chi connectivity index (χ2v) is 23.7. The van der Waals surface area contributed by atoms with Gasteiger partial charge in [0.25, 0.3) is 7.51 Å². The van der Waals surface area contributed by atoms with Crippen LogP contribution in [-0.4, -0.2) is 93.8 Å². The van der Waals surface area contributed by atoms with Crippen LogP contribution in [0.5, 0.6) is 0 Å². The quantitative estimate of drug-likeness (QED) is 0.243. The Hall–Kier alpha value is -1.62. The predicted molar refractivity (Wildman–Crippen MR) is 184 cm³/mol. The Kier molecular flexibility index (Phi) is 9.88. The molecule has 3 aromatic carbocycles. The highest BCUT2D eigenvalue weighted by atomic mass is 31.3. The van der Waals surface area contributed by atoms with Gasteiger partial charge in [0.15, 0.2) is 0 Å². The fourth-order valence-electron chi connectivity index (χ4n) is 4.88. The second-order valence-electron chi connectivity index (χ2n) is 10.8. The summed E-state index contributed by atoms with van der Waals surface area (Å²) in [5.41, 5.74) is 0. The van der Waals surface area contributed by atoms with Gasteiger partial charge in [-0.05, 0) is 70.5 Å². The highest BCUT2D eigenvalue weighted by Crippen LogP contribution is 2.83. The molecule has 0 fully saturated rings. The van der Waals surface area contributed by atoms with E-state index in [9.17, 15) is 0 Å². The largest absolute Gasteiger partial charge is 0.264 e. The van der Waals surface area contributed by atoms with Crippen molar-refractivity contribution in [3.05, 3.63) is 91.0 Å². The van der Waals surface area contributed by atoms with Crippen molar-refractivity contribution in [1.82, 2.24) is 23.4 Å². The van der Waals surface area contributed by atoms with Crippen molar-refractivity contribution in [2.45, 2.75) is 0 Å². The number of hydrogen-bond donors (Lipinski definition) is 0. The van der Waals surface area contributed by atoms with E-state index in [0.717, 1.165) is 0 Å². The fourth-order valence-corrected chi connectivity index (χ4v) is 24.9. The number of hydrogen-bond acceptors (Lipinski definition) is 9. The molecule has 0 bridgehead atoms. The van der Waals surface area contributed by atoms with Crippen LogP contribution in [-0.2, 0) is 0 Å². The highest BCUT2D eigenvalue weighted by molar-refractivity contribution is 7.93. The predicted octanol–water partition coefficient (Wildman–Crippen LogP) is 6.82. The minimum atomic E-state index is -2.94. The minimum absolute atomic E-state index is 1.18. The average molecular weight is 632 g/mol. The smallest absolute Gasteiger partial charge is 0.246 e. The summed E-state index contributed by atoms with van der Waals surface area (Å²) in [5.74, 6) is 0. The molecular formula is C28H45N9P4. The third-order valence-corrected chi connectivity index (χ3v) is 23.3. The lowest BCUT2D eigenvalue weighted by atomic mass is 10.4. The van der Waals surface area contributed by atoms with Crippen molar-refractivity contribution in [2.24, 2.45) is 18.1 Å². The molecule has 0 radical (unpaired) electrons. The van der Waals surface area contributed by atoms with Gasteiger partial charge in [-0.25, -0.2) is 27.9 Å². The van der Waals surface area contributed by atoms with Gasteiger partial charge in [0.1, 0.15) is 0 Å². The number of nitrogens with zero attached hydrogens (tertiary/aromatic N) is 9. The third-order valence-electron chi connectivity index (χ3n) is 7.05. The lowest BCUT2D eigenvalue weighted by molar-refractivity contribution is 0.543. The SMILES string of the molecule is CN(C)P1(N=P(c2ccccc2)(c2ccccc2)c2ccccc2)=NP(N(C)C)(N(C)C)=NP(N(C)C)(N(C)C)=N1. The van der Waals surface area contributed by atoms with Gasteiger partial charge in [-0.3, -0.25) is 0 Å². The summed E-state index contributed by atoms with van der Waals surface area (Å²) >= 11 is 0. The Balaban J connectivity index is 2.39. The summed E-state index contributed by atoms with van der Waals surface area (Å²) in [6.45, 7) is 0. The van der Waals surface area contributed by atoms with Gasteiger partial charge in [-0.1, -0.05) is 91.0 Å². The highest BCUT2D eigenvalue weighted by Gasteiger charge is 2.45. The molecule has 0 aliphatic carbocycles. The molecule has 222 valence electrons. The minimum Gasteiger partial charge on any atom is -0.246 e. The Morgan fingerprint density at radius 2 is 0.756 bits per heavy atom. The topological polar surface area (TPSA) is 65.6 Å². The summed E-state index contributed by atoms with van der Waals surface area (Å²) in [6, 6.07) is 32.2. The summed E-state index contributed by atoms with van der Waals surface area (Å²) in [4.78, 5) is 0. The lowest BCUT2D eigenvalue weighted by Gasteiger charge is -2.45. The second kappa shape index (κ2) is 12.5. The van der Waals surface area contributed by atoms with E-state index in [2.05, 4.69) is 185 Å². The fraction of sp³-hybridized carbons (Fsp3) is 0.357. The maximum atomic E-state index is 6.13. The Morgan fingerprint density at radius 1 is 0.439 bits per heavy atom. The van der Waals surface area contributed by atoms with Crippen molar-refractivity contribution in [3.63, 3.8) is 0 Å². The molecule has 1 aliphatic rings. The molecule has 0 aromatic heterocycles. The molecule has 13 heteroatoms. The average Bonchev–Trinajstić information content (AvgIpc) is 2.96. The summed E-state index contributed by atoms with van der Waals surface area (Å²) in [6.07, 6.45) is 0. The molecular weight excluding hydrogens is 586 g/mol. The summed E-state index contributed by atoms with van der Waals surface area (Å²) in [7, 11) is 10.2. The van der Waals surface area contributed by atoms with Gasteiger partial charge in [0.2, 0.25) is 15.0 Å². The zero-order valence-corrected chi connectivity index (χ0v) is 29.6. The van der Waals surface area contributed by atoms with Crippen LogP contribution >= 0.6 is 29.6 Å². The van der Waals surface area contributed by atoms with Crippen LogP contribution in [0.1, 0.15) is 0 Å². The van der Waals surface area contributed by atoms with E-state index in [0.29, 0.717) is 0 Å². The van der Waals surface area contributed by atoms with Crippen molar-refractivity contribution >= 4 is 45.5 Å². The molecule has 3 aromatic rings. The standard InChI is InChI=1S/C28H45N9P4/c1-33(2)39(30-40(34(3)4,35(5)6)32-41(31-39,36(7)8)37(9)10)29-38(26-20-14-11-15-21-26,27-22-16-12-17-23-27)28-24-18-13-19-25-28/h11-25H,1-10H3. The third kappa shape index (κ3) is 5.70. The van der Waals surface area contributed by atoms with Crippen LogP contribution in [0.4, 0.5) is 0 Å². The van der Waals surface area contributed by atoms with Crippen LogP contribution < -0.4 is 15.9 Å². The van der Waals surface area contributed by atoms with Gasteiger partial charge in [0, 0.05) is 15.9 Å². The normalized spacial score (nSPS) is 20.2. The molecule has 0 N–H and O–H groups in total. The Bertz CT molecular complexity index is 1420. The maximum Gasteiger partial charge on any atom is 0.264 e. The first kappa shape index (κ1) is 32.3. The van der Waals surface area contributed by atoms with Crippen molar-refractivity contribution in [2.75, 3.05) is 70.5 Å². The van der Waals surface area contributed by atoms with Gasteiger partial charge in [-0.15, -0.1) is 0 Å². The van der Waals surface area contributed by atoms with E-state index < -0.39 is 29.6 Å². The van der Waals surface area contributed by atoms with Crippen molar-refractivity contribution in [1.29, 1.82) is 0 Å². The molecule has 0 saturated carbocycles. The van der Waals surface area contributed by atoms with E-state index in [1.165, 1.54) is 15.9 Å². The van der Waals surface area contributed by atoms with E-state index in [1.54, 1.807) is 0 Å². The first-order chi connectivity index (χ1) is 19.4. The van der Waals surface area contributed by atoms with Gasteiger partial charge >= 0.3 is 0 Å². The van der Waals surface area contributed by atoms with Crippen LogP contribution in [0.3, 0.4) is 0 Å². The van der Waals surface area contributed by atoms with Crippen molar-refractivity contribution in [3.8, 4) is 0 Å². The monoisotopic (exact) mass is 631 g/mol. The lowest BCUT2D eigenvalue weighted by Crippen LogP contribution is -2.28. The Morgan fingerprint density at radius 3 is 1.05 bits per heavy atom. The van der Waals surface area contributed by atoms with Crippen LogP contribution in [0.25, 0.3) is 0 Å². The van der Waals surface area contributed by atoms with Crippen LogP contribution in [0.15, 0.2) is 109 Å². The number of benzene rings is 3. The zero-order valence-electron chi connectivity index (χ0n) is 26.0. The molecule has 4 rings (SSSR count). The first-order valence-electron chi connectivity index (χ1n) is 13.5. The maximum absolute atomic E-state index is 6.13. The molecule has 0 spiro atoms. The zero-order chi connectivity index (χ0) is 30.1.